The fourth-order valence-corrected chi connectivity index (χ4v) is 4.36. The van der Waals surface area contributed by atoms with Gasteiger partial charge in [-0.1, -0.05) is 30.3 Å². The number of carbonyl (C=O) groups excluding carboxylic acids is 2. The van der Waals surface area contributed by atoms with E-state index in [1.165, 1.54) is 0 Å². The van der Waals surface area contributed by atoms with Crippen molar-refractivity contribution in [3.05, 3.63) is 59.7 Å². The summed E-state index contributed by atoms with van der Waals surface area (Å²) in [7, 11) is -3.69. The average Bonchev–Trinajstić information content (AvgIpc) is 3.24. The molecule has 0 bridgehead atoms. The van der Waals surface area contributed by atoms with Crippen molar-refractivity contribution in [2.45, 2.75) is 25.9 Å². The average molecular weight is 446 g/mol. The maximum atomic E-state index is 12.7. The van der Waals surface area contributed by atoms with Gasteiger partial charge in [-0.05, 0) is 43.5 Å². The number of ether oxygens (including phenoxy) is 1. The first-order chi connectivity index (χ1) is 14.8. The summed E-state index contributed by atoms with van der Waals surface area (Å²) in [5.41, 5.74) is 1.78. The second-order valence-corrected chi connectivity index (χ2v) is 9.40. The molecule has 0 aliphatic carbocycles. The molecule has 0 radical (unpaired) electrons. The Morgan fingerprint density at radius 1 is 1.13 bits per heavy atom. The Hall–Kier alpha value is -2.91. The number of aryl methyl sites for hydroxylation is 1. The molecule has 0 saturated carbocycles. The lowest BCUT2D eigenvalue weighted by atomic mass is 10.1. The van der Waals surface area contributed by atoms with Gasteiger partial charge in [-0.15, -0.1) is 0 Å². The maximum Gasteiger partial charge on any atom is 0.253 e. The molecule has 2 amide bonds. The Kier molecular flexibility index (Phi) is 7.29. The predicted octanol–water partition coefficient (Wildman–Crippen LogP) is 2.31. The summed E-state index contributed by atoms with van der Waals surface area (Å²) in [4.78, 5) is 25.4. The summed E-state index contributed by atoms with van der Waals surface area (Å²) in [6, 6.07) is 13.6. The fourth-order valence-electron chi connectivity index (χ4n) is 3.44. The first-order valence-corrected chi connectivity index (χ1v) is 11.9. The normalized spacial score (nSPS) is 16.0. The number of carbonyl (C=O) groups is 2. The van der Waals surface area contributed by atoms with E-state index in [0.29, 0.717) is 30.1 Å². The van der Waals surface area contributed by atoms with Gasteiger partial charge in [-0.3, -0.25) is 13.9 Å². The lowest BCUT2D eigenvalue weighted by Gasteiger charge is -2.23. The first kappa shape index (κ1) is 22.8. The Morgan fingerprint density at radius 2 is 1.84 bits per heavy atom. The number of hydrogen-bond acceptors (Lipinski definition) is 5. The third-order valence-electron chi connectivity index (χ3n) is 5.03. The molecular weight excluding hydrogens is 418 g/mol. The second-order valence-electron chi connectivity index (χ2n) is 7.49. The molecule has 2 N–H and O–H groups in total. The first-order valence-electron chi connectivity index (χ1n) is 10.1. The zero-order valence-electron chi connectivity index (χ0n) is 17.6. The second kappa shape index (κ2) is 9.93. The summed E-state index contributed by atoms with van der Waals surface area (Å²) in [6.45, 7) is 2.47. The number of rotatable bonds is 8. The van der Waals surface area contributed by atoms with Gasteiger partial charge in [0.25, 0.3) is 5.91 Å². The number of nitrogens with one attached hydrogen (secondary N) is 2. The molecule has 1 atom stereocenters. The van der Waals surface area contributed by atoms with E-state index >= 15 is 0 Å². The number of amides is 2. The topological polar surface area (TPSA) is 105 Å². The number of nitrogens with zero attached hydrogens (tertiary/aromatic N) is 1. The van der Waals surface area contributed by atoms with Gasteiger partial charge in [0.15, 0.2) is 0 Å². The molecule has 2 aromatic rings. The summed E-state index contributed by atoms with van der Waals surface area (Å²) in [5, 5.41) is 5.51. The highest BCUT2D eigenvalue weighted by Crippen LogP contribution is 2.22. The number of anilines is 2. The number of benzene rings is 2. The van der Waals surface area contributed by atoms with E-state index in [9.17, 15) is 18.0 Å². The van der Waals surface area contributed by atoms with Crippen molar-refractivity contribution in [2.75, 3.05) is 35.6 Å². The van der Waals surface area contributed by atoms with Crippen LogP contribution in [-0.4, -0.2) is 52.3 Å². The summed E-state index contributed by atoms with van der Waals surface area (Å²) >= 11 is 0. The highest BCUT2D eigenvalue weighted by molar-refractivity contribution is 7.92. The fraction of sp³-hybridized carbons (Fsp3) is 0.364. The van der Waals surface area contributed by atoms with Crippen LogP contribution in [-0.2, 0) is 19.6 Å². The minimum Gasteiger partial charge on any atom is -0.376 e. The van der Waals surface area contributed by atoms with Crippen LogP contribution in [0.15, 0.2) is 48.5 Å². The lowest BCUT2D eigenvalue weighted by Crippen LogP contribution is -2.38. The smallest absolute Gasteiger partial charge is 0.253 e. The molecule has 166 valence electrons. The van der Waals surface area contributed by atoms with E-state index in [-0.39, 0.29) is 12.0 Å². The van der Waals surface area contributed by atoms with Crippen molar-refractivity contribution in [1.29, 1.82) is 0 Å². The molecule has 8 nitrogen and oxygen atoms in total. The van der Waals surface area contributed by atoms with Gasteiger partial charge in [0.1, 0.15) is 6.54 Å². The highest BCUT2D eigenvalue weighted by atomic mass is 32.2. The molecule has 3 rings (SSSR count). The Labute approximate surface area is 182 Å². The van der Waals surface area contributed by atoms with Crippen molar-refractivity contribution in [3.8, 4) is 0 Å². The molecular formula is C22H27N3O5S. The van der Waals surface area contributed by atoms with E-state index in [1.54, 1.807) is 55.5 Å². The van der Waals surface area contributed by atoms with Gasteiger partial charge in [-0.2, -0.15) is 0 Å². The Morgan fingerprint density at radius 3 is 2.52 bits per heavy atom. The monoisotopic (exact) mass is 445 g/mol. The van der Waals surface area contributed by atoms with Gasteiger partial charge >= 0.3 is 0 Å². The minimum atomic E-state index is -3.69. The van der Waals surface area contributed by atoms with Crippen molar-refractivity contribution < 1.29 is 22.7 Å². The molecule has 1 aliphatic heterocycles. The van der Waals surface area contributed by atoms with Crippen molar-refractivity contribution in [2.24, 2.45) is 0 Å². The van der Waals surface area contributed by atoms with Crippen molar-refractivity contribution >= 4 is 33.2 Å². The van der Waals surface area contributed by atoms with Crippen LogP contribution in [0.25, 0.3) is 0 Å². The van der Waals surface area contributed by atoms with Crippen LogP contribution in [0.4, 0.5) is 11.4 Å². The largest absolute Gasteiger partial charge is 0.376 e. The van der Waals surface area contributed by atoms with Gasteiger partial charge in [0.2, 0.25) is 15.9 Å². The summed E-state index contributed by atoms with van der Waals surface area (Å²) in [5.74, 6) is -0.877. The van der Waals surface area contributed by atoms with Crippen LogP contribution in [0, 0.1) is 6.92 Å². The van der Waals surface area contributed by atoms with Crippen LogP contribution in [0.5, 0.6) is 0 Å². The molecule has 1 aliphatic rings. The van der Waals surface area contributed by atoms with Gasteiger partial charge in [-0.25, -0.2) is 8.42 Å². The van der Waals surface area contributed by atoms with E-state index in [2.05, 4.69) is 10.6 Å². The van der Waals surface area contributed by atoms with Crippen LogP contribution >= 0.6 is 0 Å². The van der Waals surface area contributed by atoms with Gasteiger partial charge in [0.05, 0.1) is 29.3 Å². The van der Waals surface area contributed by atoms with Crippen LogP contribution < -0.4 is 14.9 Å². The molecule has 0 unspecified atom stereocenters. The third-order valence-corrected chi connectivity index (χ3v) is 6.16. The quantitative estimate of drug-likeness (QED) is 0.649. The maximum absolute atomic E-state index is 12.7. The van der Waals surface area contributed by atoms with Crippen LogP contribution in [0.1, 0.15) is 28.8 Å². The minimum absolute atomic E-state index is 0.00290. The standard InChI is InChI=1S/C22H27N3O5S/c1-16-8-3-6-12-20(16)25(31(2,28)29)15-21(26)24-19-11-5-4-10-18(19)22(27)23-14-17-9-7-13-30-17/h3-6,8,10-12,17H,7,9,13-15H2,1-2H3,(H,23,27)(H,24,26)/t17-/m1/s1. The van der Waals surface area contributed by atoms with Gasteiger partial charge in [0, 0.05) is 13.2 Å². The van der Waals surface area contributed by atoms with Gasteiger partial charge < -0.3 is 15.4 Å². The summed E-state index contributed by atoms with van der Waals surface area (Å²) < 4.78 is 31.2. The zero-order chi connectivity index (χ0) is 22.4. The predicted molar refractivity (Wildman–Crippen MR) is 120 cm³/mol. The van der Waals surface area contributed by atoms with Crippen molar-refractivity contribution in [1.82, 2.24) is 5.32 Å². The molecule has 2 aromatic carbocycles. The number of para-hydroxylation sites is 2. The zero-order valence-corrected chi connectivity index (χ0v) is 18.4. The van der Waals surface area contributed by atoms with Crippen molar-refractivity contribution in [3.63, 3.8) is 0 Å². The molecule has 1 saturated heterocycles. The molecule has 0 spiro atoms. The Bertz CT molecular complexity index is 1050. The van der Waals surface area contributed by atoms with E-state index in [0.717, 1.165) is 29.0 Å². The van der Waals surface area contributed by atoms with E-state index in [1.807, 2.05) is 0 Å². The highest BCUT2D eigenvalue weighted by Gasteiger charge is 2.23. The van der Waals surface area contributed by atoms with E-state index < -0.39 is 22.5 Å². The molecule has 31 heavy (non-hydrogen) atoms. The number of sulfonamides is 1. The third kappa shape index (κ3) is 6.05. The summed E-state index contributed by atoms with van der Waals surface area (Å²) in [6.07, 6.45) is 2.94. The van der Waals surface area contributed by atoms with E-state index in [4.69, 9.17) is 4.74 Å². The Balaban J connectivity index is 1.72. The molecule has 9 heteroatoms. The van der Waals surface area contributed by atoms with Crippen LogP contribution in [0.2, 0.25) is 0 Å². The molecule has 0 aromatic heterocycles. The molecule has 1 heterocycles. The number of hydrogen-bond donors (Lipinski definition) is 2. The lowest BCUT2D eigenvalue weighted by molar-refractivity contribution is -0.114. The van der Waals surface area contributed by atoms with Crippen LogP contribution in [0.3, 0.4) is 0 Å². The SMILES string of the molecule is Cc1ccccc1N(CC(=O)Nc1ccccc1C(=O)NC[C@H]1CCCO1)S(C)(=O)=O. The molecule has 1 fully saturated rings.